The van der Waals surface area contributed by atoms with Crippen LogP contribution in [0.25, 0.3) is 0 Å². The summed E-state index contributed by atoms with van der Waals surface area (Å²) in [5.41, 5.74) is 0. The van der Waals surface area contributed by atoms with Crippen molar-refractivity contribution in [1.29, 1.82) is 0 Å². The van der Waals surface area contributed by atoms with Crippen molar-refractivity contribution in [3.8, 4) is 0 Å². The molecule has 0 unspecified atom stereocenters. The molecule has 0 spiro atoms. The van der Waals surface area contributed by atoms with Gasteiger partial charge >= 0.3 is 0 Å². The van der Waals surface area contributed by atoms with Crippen LogP contribution in [0, 0.1) is 0 Å². The second-order valence-corrected chi connectivity index (χ2v) is 11.1. The Morgan fingerprint density at radius 1 is 1.29 bits per heavy atom. The van der Waals surface area contributed by atoms with Crippen molar-refractivity contribution in [3.63, 3.8) is 0 Å². The minimum atomic E-state index is -1.81. The number of aliphatic hydroxyl groups is 2. The van der Waals surface area contributed by atoms with Crippen molar-refractivity contribution < 1.29 is 19.4 Å². The maximum absolute atomic E-state index is 9.58. The quantitative estimate of drug-likeness (QED) is 0.762. The van der Waals surface area contributed by atoms with E-state index in [9.17, 15) is 5.11 Å². The molecule has 3 atom stereocenters. The average molecular weight is 262 g/mol. The summed E-state index contributed by atoms with van der Waals surface area (Å²) in [6.07, 6.45) is 0.0595. The van der Waals surface area contributed by atoms with Gasteiger partial charge in [0.15, 0.2) is 14.6 Å². The molecule has 0 aromatic carbocycles. The standard InChI is InChI=1S/C12H26O4Si/c1-12(2,3)17(4,5)16-9-6-10(8-13)15-11(14)7-9/h9-11,13-14H,6-8H2,1-5H3/t9-,10+,11+/m1/s1. The summed E-state index contributed by atoms with van der Waals surface area (Å²) >= 11 is 0. The van der Waals surface area contributed by atoms with Crippen LogP contribution in [0.4, 0.5) is 0 Å². The lowest BCUT2D eigenvalue weighted by molar-refractivity contribution is -0.195. The predicted molar refractivity (Wildman–Crippen MR) is 69.3 cm³/mol. The van der Waals surface area contributed by atoms with Crippen molar-refractivity contribution in [3.05, 3.63) is 0 Å². The summed E-state index contributed by atoms with van der Waals surface area (Å²) in [6, 6.07) is 0. The van der Waals surface area contributed by atoms with Crippen LogP contribution in [0.5, 0.6) is 0 Å². The molecule has 0 bridgehead atoms. The number of ether oxygens (including phenoxy) is 1. The fourth-order valence-corrected chi connectivity index (χ4v) is 3.13. The molecule has 0 aliphatic carbocycles. The zero-order valence-corrected chi connectivity index (χ0v) is 12.6. The summed E-state index contributed by atoms with van der Waals surface area (Å²) in [7, 11) is -1.81. The monoisotopic (exact) mass is 262 g/mol. The molecule has 5 heteroatoms. The van der Waals surface area contributed by atoms with E-state index in [-0.39, 0.29) is 23.9 Å². The summed E-state index contributed by atoms with van der Waals surface area (Å²) in [6.45, 7) is 10.9. The molecule has 0 aromatic heterocycles. The average Bonchev–Trinajstić information content (AvgIpc) is 2.14. The fraction of sp³-hybridized carbons (Fsp3) is 1.00. The van der Waals surface area contributed by atoms with Gasteiger partial charge in [-0.2, -0.15) is 0 Å². The van der Waals surface area contributed by atoms with Crippen LogP contribution < -0.4 is 0 Å². The Bertz CT molecular complexity index is 249. The van der Waals surface area contributed by atoms with E-state index in [4.69, 9.17) is 14.3 Å². The van der Waals surface area contributed by atoms with E-state index in [1.54, 1.807) is 0 Å². The van der Waals surface area contributed by atoms with Crippen LogP contribution in [0.15, 0.2) is 0 Å². The normalized spacial score (nSPS) is 31.6. The molecular weight excluding hydrogens is 236 g/mol. The molecule has 4 nitrogen and oxygen atoms in total. The van der Waals surface area contributed by atoms with E-state index in [1.807, 2.05) is 0 Å². The number of hydrogen-bond donors (Lipinski definition) is 2. The fourth-order valence-electron chi connectivity index (χ4n) is 1.75. The van der Waals surface area contributed by atoms with Crippen molar-refractivity contribution in [2.75, 3.05) is 6.61 Å². The summed E-state index contributed by atoms with van der Waals surface area (Å²) in [5.74, 6) is 0. The number of aliphatic hydroxyl groups excluding tert-OH is 2. The molecule has 2 N–H and O–H groups in total. The lowest BCUT2D eigenvalue weighted by atomic mass is 10.1. The molecule has 17 heavy (non-hydrogen) atoms. The van der Waals surface area contributed by atoms with Gasteiger partial charge in [0.1, 0.15) is 0 Å². The van der Waals surface area contributed by atoms with Crippen molar-refractivity contribution in [1.82, 2.24) is 0 Å². The third kappa shape index (κ3) is 4.03. The Balaban J connectivity index is 2.62. The van der Waals surface area contributed by atoms with Crippen LogP contribution in [0.1, 0.15) is 33.6 Å². The molecular formula is C12H26O4Si. The second kappa shape index (κ2) is 5.36. The smallest absolute Gasteiger partial charge is 0.192 e. The highest BCUT2D eigenvalue weighted by Crippen LogP contribution is 2.39. The first kappa shape index (κ1) is 15.1. The van der Waals surface area contributed by atoms with Crippen LogP contribution in [-0.2, 0) is 9.16 Å². The maximum Gasteiger partial charge on any atom is 0.192 e. The first-order valence-electron chi connectivity index (χ1n) is 6.28. The zero-order valence-electron chi connectivity index (χ0n) is 11.6. The van der Waals surface area contributed by atoms with Gasteiger partial charge in [-0.05, 0) is 18.1 Å². The minimum absolute atomic E-state index is 0.00297. The Morgan fingerprint density at radius 3 is 2.35 bits per heavy atom. The van der Waals surface area contributed by atoms with Gasteiger partial charge in [-0.15, -0.1) is 0 Å². The number of rotatable bonds is 3. The highest BCUT2D eigenvalue weighted by Gasteiger charge is 2.41. The van der Waals surface area contributed by atoms with Crippen LogP contribution in [0.3, 0.4) is 0 Å². The summed E-state index contributed by atoms with van der Waals surface area (Å²) in [4.78, 5) is 0. The van der Waals surface area contributed by atoms with Gasteiger partial charge in [0.25, 0.3) is 0 Å². The maximum atomic E-state index is 9.58. The molecule has 1 heterocycles. The van der Waals surface area contributed by atoms with E-state index < -0.39 is 14.6 Å². The third-order valence-electron chi connectivity index (χ3n) is 3.81. The highest BCUT2D eigenvalue weighted by molar-refractivity contribution is 6.74. The first-order valence-corrected chi connectivity index (χ1v) is 9.19. The Morgan fingerprint density at radius 2 is 1.88 bits per heavy atom. The Kier molecular flexibility index (Phi) is 4.77. The van der Waals surface area contributed by atoms with Gasteiger partial charge in [-0.1, -0.05) is 20.8 Å². The minimum Gasteiger partial charge on any atom is -0.414 e. The highest BCUT2D eigenvalue weighted by atomic mass is 28.4. The third-order valence-corrected chi connectivity index (χ3v) is 8.35. The number of hydrogen-bond acceptors (Lipinski definition) is 4. The lowest BCUT2D eigenvalue weighted by Crippen LogP contribution is -2.48. The van der Waals surface area contributed by atoms with Crippen LogP contribution in [-0.4, -0.2) is 43.6 Å². The van der Waals surface area contributed by atoms with Gasteiger partial charge in [0.05, 0.1) is 18.8 Å². The van der Waals surface area contributed by atoms with Gasteiger partial charge in [0, 0.05) is 12.8 Å². The predicted octanol–water partition coefficient (Wildman–Crippen LogP) is 1.87. The van der Waals surface area contributed by atoms with E-state index in [0.29, 0.717) is 12.8 Å². The van der Waals surface area contributed by atoms with E-state index in [2.05, 4.69) is 33.9 Å². The molecule has 1 rings (SSSR count). The van der Waals surface area contributed by atoms with Crippen LogP contribution >= 0.6 is 0 Å². The topological polar surface area (TPSA) is 58.9 Å². The van der Waals surface area contributed by atoms with Gasteiger partial charge < -0.3 is 19.4 Å². The molecule has 1 aliphatic heterocycles. The van der Waals surface area contributed by atoms with Gasteiger partial charge in [-0.25, -0.2) is 0 Å². The molecule has 1 fully saturated rings. The van der Waals surface area contributed by atoms with Gasteiger partial charge in [-0.3, -0.25) is 0 Å². The molecule has 1 aliphatic rings. The van der Waals surface area contributed by atoms with Crippen molar-refractivity contribution >= 4 is 8.32 Å². The van der Waals surface area contributed by atoms with E-state index >= 15 is 0 Å². The Labute approximate surface area is 105 Å². The second-order valence-electron chi connectivity index (χ2n) is 6.37. The molecule has 102 valence electrons. The van der Waals surface area contributed by atoms with Crippen molar-refractivity contribution in [2.24, 2.45) is 0 Å². The largest absolute Gasteiger partial charge is 0.414 e. The first-order chi connectivity index (χ1) is 7.65. The lowest BCUT2D eigenvalue weighted by Gasteiger charge is -2.42. The van der Waals surface area contributed by atoms with Gasteiger partial charge in [0.2, 0.25) is 0 Å². The van der Waals surface area contributed by atoms with E-state index in [1.165, 1.54) is 0 Å². The molecule has 0 saturated carbocycles. The summed E-state index contributed by atoms with van der Waals surface area (Å²) < 4.78 is 11.4. The molecule has 0 amide bonds. The van der Waals surface area contributed by atoms with E-state index in [0.717, 1.165) is 0 Å². The van der Waals surface area contributed by atoms with Crippen LogP contribution in [0.2, 0.25) is 18.1 Å². The SMILES string of the molecule is CC(C)(C)[Si](C)(C)O[C@@H]1C[C@@H](CO)O[C@H](O)C1. The molecule has 1 saturated heterocycles. The molecule has 0 radical (unpaired) electrons. The zero-order chi connectivity index (χ0) is 13.3. The molecule has 0 aromatic rings. The summed E-state index contributed by atoms with van der Waals surface area (Å²) in [5, 5.41) is 18.8. The Hall–Kier alpha value is 0.0569. The van der Waals surface area contributed by atoms with Crippen molar-refractivity contribution in [2.45, 2.75) is 70.2 Å².